The number of aliphatic imine (C=N–C) groups is 1. The predicted molar refractivity (Wildman–Crippen MR) is 115 cm³/mol. The lowest BCUT2D eigenvalue weighted by atomic mass is 10.2. The Morgan fingerprint density at radius 1 is 1.13 bits per heavy atom. The molecular formula is C22H29FN4O3. The summed E-state index contributed by atoms with van der Waals surface area (Å²) >= 11 is 0. The maximum atomic E-state index is 13.3. The zero-order chi connectivity index (χ0) is 21.9. The molecule has 2 N–H and O–H groups in total. The number of ether oxygens (including phenoxy) is 2. The molecule has 1 amide bonds. The van der Waals surface area contributed by atoms with Crippen LogP contribution in [0, 0.1) is 5.82 Å². The third-order valence-electron chi connectivity index (χ3n) is 4.17. The van der Waals surface area contributed by atoms with Gasteiger partial charge in [-0.05, 0) is 36.8 Å². The number of methoxy groups -OCH3 is 1. The van der Waals surface area contributed by atoms with Gasteiger partial charge in [-0.15, -0.1) is 0 Å². The zero-order valence-electron chi connectivity index (χ0n) is 17.8. The number of carbonyl (C=O) groups excluding carboxylic acids is 1. The van der Waals surface area contributed by atoms with Gasteiger partial charge in [0.25, 0.3) is 0 Å². The largest absolute Gasteiger partial charge is 0.497 e. The summed E-state index contributed by atoms with van der Waals surface area (Å²) in [6.07, 6.45) is -0.246. The van der Waals surface area contributed by atoms with Gasteiger partial charge in [-0.1, -0.05) is 18.2 Å². The van der Waals surface area contributed by atoms with Crippen molar-refractivity contribution in [3.8, 4) is 11.5 Å². The Kier molecular flexibility index (Phi) is 8.93. The summed E-state index contributed by atoms with van der Waals surface area (Å²) in [6.45, 7) is 2.82. The van der Waals surface area contributed by atoms with E-state index >= 15 is 0 Å². The Bertz CT molecular complexity index is 841. The topological polar surface area (TPSA) is 75.2 Å². The highest BCUT2D eigenvalue weighted by Gasteiger charge is 2.09. The average molecular weight is 416 g/mol. The lowest BCUT2D eigenvalue weighted by molar-refractivity contribution is -0.127. The number of benzene rings is 2. The van der Waals surface area contributed by atoms with Crippen LogP contribution in [0.1, 0.15) is 12.5 Å². The summed E-state index contributed by atoms with van der Waals surface area (Å²) in [5.74, 6) is 1.29. The van der Waals surface area contributed by atoms with Crippen molar-refractivity contribution in [2.75, 3.05) is 34.3 Å². The molecule has 2 rings (SSSR count). The summed E-state index contributed by atoms with van der Waals surface area (Å²) in [5, 5.41) is 6.20. The maximum absolute atomic E-state index is 13.3. The Morgan fingerprint density at radius 3 is 2.50 bits per heavy atom. The minimum absolute atomic E-state index is 0.0713. The van der Waals surface area contributed by atoms with Crippen molar-refractivity contribution >= 4 is 11.9 Å². The molecule has 0 bridgehead atoms. The molecule has 162 valence electrons. The van der Waals surface area contributed by atoms with Crippen molar-refractivity contribution in [2.24, 2.45) is 4.99 Å². The fourth-order valence-electron chi connectivity index (χ4n) is 2.45. The molecule has 0 saturated heterocycles. The lowest BCUT2D eigenvalue weighted by Crippen LogP contribution is -2.45. The molecule has 0 spiro atoms. The second kappa shape index (κ2) is 11.6. The number of hydrogen-bond acceptors (Lipinski definition) is 4. The number of carbonyl (C=O) groups is 1. The van der Waals surface area contributed by atoms with E-state index in [2.05, 4.69) is 15.6 Å². The number of likely N-dealkylation sites (N-methyl/N-ethyl adjacent to an activating group) is 1. The molecule has 0 saturated carbocycles. The van der Waals surface area contributed by atoms with Crippen LogP contribution in [0.25, 0.3) is 0 Å². The summed E-state index contributed by atoms with van der Waals surface area (Å²) in [6, 6.07) is 13.6. The summed E-state index contributed by atoms with van der Waals surface area (Å²) in [4.78, 5) is 18.0. The molecule has 0 radical (unpaired) electrons. The smallest absolute Gasteiger partial charge is 0.241 e. The van der Waals surface area contributed by atoms with Gasteiger partial charge in [-0.3, -0.25) is 4.79 Å². The highest BCUT2D eigenvalue weighted by Crippen LogP contribution is 2.14. The first-order valence-electron chi connectivity index (χ1n) is 9.65. The molecule has 0 aromatic heterocycles. The van der Waals surface area contributed by atoms with Gasteiger partial charge in [0.2, 0.25) is 5.91 Å². The number of halogens is 1. The molecule has 0 aliphatic carbocycles. The van der Waals surface area contributed by atoms with E-state index in [0.29, 0.717) is 24.8 Å². The van der Waals surface area contributed by atoms with E-state index in [1.54, 1.807) is 33.3 Å². The number of nitrogens with one attached hydrogen (secondary N) is 2. The quantitative estimate of drug-likeness (QED) is 0.485. The highest BCUT2D eigenvalue weighted by molar-refractivity contribution is 5.86. The number of amides is 1. The average Bonchev–Trinajstić information content (AvgIpc) is 2.73. The zero-order valence-corrected chi connectivity index (χ0v) is 17.8. The van der Waals surface area contributed by atoms with E-state index in [9.17, 15) is 9.18 Å². The van der Waals surface area contributed by atoms with Gasteiger partial charge in [-0.25, -0.2) is 9.38 Å². The molecule has 30 heavy (non-hydrogen) atoms. The Hall–Kier alpha value is -3.29. The van der Waals surface area contributed by atoms with Gasteiger partial charge in [0, 0.05) is 20.2 Å². The van der Waals surface area contributed by atoms with E-state index in [0.717, 1.165) is 11.3 Å². The first-order valence-corrected chi connectivity index (χ1v) is 9.65. The molecule has 1 unspecified atom stereocenters. The van der Waals surface area contributed by atoms with Crippen molar-refractivity contribution in [1.29, 1.82) is 0 Å². The van der Waals surface area contributed by atoms with Crippen LogP contribution in [-0.2, 0) is 11.3 Å². The monoisotopic (exact) mass is 416 g/mol. The Balaban J connectivity index is 1.97. The summed E-state index contributed by atoms with van der Waals surface area (Å²) in [5.41, 5.74) is 1.000. The van der Waals surface area contributed by atoms with Gasteiger partial charge in [0.05, 0.1) is 26.7 Å². The molecule has 8 heteroatoms. The highest BCUT2D eigenvalue weighted by atomic mass is 19.1. The molecule has 0 aliphatic heterocycles. The molecule has 2 aromatic rings. The van der Waals surface area contributed by atoms with Gasteiger partial charge >= 0.3 is 0 Å². The summed E-state index contributed by atoms with van der Waals surface area (Å²) in [7, 11) is 5.01. The molecule has 0 fully saturated rings. The maximum Gasteiger partial charge on any atom is 0.241 e. The number of rotatable bonds is 9. The number of hydrogen-bond donors (Lipinski definition) is 2. The van der Waals surface area contributed by atoms with E-state index < -0.39 is 0 Å². The normalized spacial score (nSPS) is 12.1. The fraction of sp³-hybridized carbons (Fsp3) is 0.364. The molecule has 7 nitrogen and oxygen atoms in total. The second-order valence-corrected chi connectivity index (χ2v) is 6.92. The second-order valence-electron chi connectivity index (χ2n) is 6.92. The van der Waals surface area contributed by atoms with Crippen LogP contribution in [0.4, 0.5) is 4.39 Å². The lowest BCUT2D eigenvalue weighted by Gasteiger charge is -2.19. The molecule has 2 aromatic carbocycles. The summed E-state index contributed by atoms with van der Waals surface area (Å²) < 4.78 is 24.2. The van der Waals surface area contributed by atoms with Crippen LogP contribution in [0.2, 0.25) is 0 Å². The third kappa shape index (κ3) is 7.98. The SMILES string of the molecule is COc1ccc(CN=C(NCC(=O)N(C)C)NCC(C)Oc2cccc(F)c2)cc1. The first kappa shape index (κ1) is 23.0. The predicted octanol–water partition coefficient (Wildman–Crippen LogP) is 2.43. The van der Waals surface area contributed by atoms with Gasteiger partial charge < -0.3 is 25.0 Å². The van der Waals surface area contributed by atoms with Gasteiger partial charge in [0.1, 0.15) is 23.4 Å². The Labute approximate surface area is 176 Å². The molecule has 0 heterocycles. The van der Waals surface area contributed by atoms with Crippen LogP contribution in [0.15, 0.2) is 53.5 Å². The number of guanidine groups is 1. The van der Waals surface area contributed by atoms with E-state index in [-0.39, 0.29) is 24.4 Å². The molecule has 1 atom stereocenters. The van der Waals surface area contributed by atoms with Crippen LogP contribution in [0.5, 0.6) is 11.5 Å². The van der Waals surface area contributed by atoms with E-state index in [1.165, 1.54) is 17.0 Å². The molecule has 0 aliphatic rings. The van der Waals surface area contributed by atoms with Crippen LogP contribution in [-0.4, -0.2) is 57.2 Å². The van der Waals surface area contributed by atoms with Crippen LogP contribution in [0.3, 0.4) is 0 Å². The minimum Gasteiger partial charge on any atom is -0.497 e. The standard InChI is InChI=1S/C22H29FN4O3/c1-16(30-20-7-5-6-18(23)12-20)13-24-22(26-15-21(28)27(2)3)25-14-17-8-10-19(29-4)11-9-17/h5-12,16H,13-15H2,1-4H3,(H2,24,25,26). The van der Waals surface area contributed by atoms with E-state index in [1.807, 2.05) is 31.2 Å². The van der Waals surface area contributed by atoms with Crippen molar-refractivity contribution in [1.82, 2.24) is 15.5 Å². The van der Waals surface area contributed by atoms with Crippen molar-refractivity contribution in [3.05, 3.63) is 59.9 Å². The minimum atomic E-state index is -0.349. The van der Waals surface area contributed by atoms with Gasteiger partial charge in [-0.2, -0.15) is 0 Å². The van der Waals surface area contributed by atoms with Crippen molar-refractivity contribution in [3.63, 3.8) is 0 Å². The van der Waals surface area contributed by atoms with E-state index in [4.69, 9.17) is 9.47 Å². The van der Waals surface area contributed by atoms with Gasteiger partial charge in [0.15, 0.2) is 5.96 Å². The van der Waals surface area contributed by atoms with Crippen molar-refractivity contribution in [2.45, 2.75) is 19.6 Å². The molecular weight excluding hydrogens is 387 g/mol. The first-order chi connectivity index (χ1) is 14.4. The number of nitrogens with zero attached hydrogens (tertiary/aromatic N) is 2. The third-order valence-corrected chi connectivity index (χ3v) is 4.17. The fourth-order valence-corrected chi connectivity index (χ4v) is 2.45. The van der Waals surface area contributed by atoms with Crippen molar-refractivity contribution < 1.29 is 18.7 Å². The van der Waals surface area contributed by atoms with Crippen LogP contribution >= 0.6 is 0 Å². The van der Waals surface area contributed by atoms with Crippen LogP contribution < -0.4 is 20.1 Å². The Morgan fingerprint density at radius 2 is 1.87 bits per heavy atom.